The Balaban J connectivity index is 2.95. The van der Waals surface area contributed by atoms with E-state index >= 15 is 0 Å². The van der Waals surface area contributed by atoms with Crippen LogP contribution in [0.5, 0.6) is 0 Å². The van der Waals surface area contributed by atoms with Crippen LogP contribution in [0.15, 0.2) is 22.7 Å². The lowest BCUT2D eigenvalue weighted by atomic mass is 9.95. The quantitative estimate of drug-likeness (QED) is 0.733. The average Bonchev–Trinajstić information content (AvgIpc) is 2.21. The molecule has 0 fully saturated rings. The standard InChI is InChI=1S/C12H14BrClO/c1-3-4-8(2)12(15)10-7-9(13)5-6-11(10)14/h5-8H,3-4H2,1-2H3. The molecule has 0 amide bonds. The molecular weight excluding hydrogens is 275 g/mol. The summed E-state index contributed by atoms with van der Waals surface area (Å²) in [6.07, 6.45) is 1.92. The van der Waals surface area contributed by atoms with E-state index in [9.17, 15) is 4.79 Å². The molecule has 1 atom stereocenters. The summed E-state index contributed by atoms with van der Waals surface area (Å²) < 4.78 is 0.888. The molecule has 0 bridgehead atoms. The highest BCUT2D eigenvalue weighted by atomic mass is 79.9. The van der Waals surface area contributed by atoms with Gasteiger partial charge in [-0.15, -0.1) is 0 Å². The largest absolute Gasteiger partial charge is 0.294 e. The summed E-state index contributed by atoms with van der Waals surface area (Å²) in [6, 6.07) is 5.37. The van der Waals surface area contributed by atoms with Crippen LogP contribution < -0.4 is 0 Å². The molecule has 0 radical (unpaired) electrons. The zero-order valence-corrected chi connectivity index (χ0v) is 11.2. The fourth-order valence-electron chi connectivity index (χ4n) is 1.52. The maximum atomic E-state index is 12.0. The maximum absolute atomic E-state index is 12.0. The van der Waals surface area contributed by atoms with E-state index < -0.39 is 0 Å². The van der Waals surface area contributed by atoms with E-state index in [0.717, 1.165) is 17.3 Å². The topological polar surface area (TPSA) is 17.1 Å². The molecule has 0 aliphatic carbocycles. The van der Waals surface area contributed by atoms with Gasteiger partial charge in [0.15, 0.2) is 5.78 Å². The van der Waals surface area contributed by atoms with Crippen molar-refractivity contribution in [2.24, 2.45) is 5.92 Å². The summed E-state index contributed by atoms with van der Waals surface area (Å²) in [5.74, 6) is 0.171. The van der Waals surface area contributed by atoms with Crippen molar-refractivity contribution < 1.29 is 4.79 Å². The van der Waals surface area contributed by atoms with Crippen molar-refractivity contribution in [3.63, 3.8) is 0 Å². The SMILES string of the molecule is CCCC(C)C(=O)c1cc(Br)ccc1Cl. The summed E-state index contributed by atoms with van der Waals surface area (Å²) in [7, 11) is 0. The number of Topliss-reactive ketones (excluding diaryl/α,β-unsaturated/α-hetero) is 1. The Hall–Kier alpha value is -0.340. The monoisotopic (exact) mass is 288 g/mol. The molecule has 0 heterocycles. The molecule has 0 spiro atoms. The number of halogens is 2. The van der Waals surface area contributed by atoms with Gasteiger partial charge >= 0.3 is 0 Å². The molecule has 3 heteroatoms. The van der Waals surface area contributed by atoms with E-state index in [1.54, 1.807) is 12.1 Å². The van der Waals surface area contributed by atoms with E-state index in [1.165, 1.54) is 0 Å². The zero-order valence-electron chi connectivity index (χ0n) is 8.89. The highest BCUT2D eigenvalue weighted by Gasteiger charge is 2.17. The number of carbonyl (C=O) groups excluding carboxylic acids is 1. The second kappa shape index (κ2) is 5.66. The first kappa shape index (κ1) is 12.7. The maximum Gasteiger partial charge on any atom is 0.167 e. The van der Waals surface area contributed by atoms with E-state index in [-0.39, 0.29) is 11.7 Å². The van der Waals surface area contributed by atoms with Crippen LogP contribution in [0.4, 0.5) is 0 Å². The van der Waals surface area contributed by atoms with Crippen molar-refractivity contribution in [1.29, 1.82) is 0 Å². The van der Waals surface area contributed by atoms with Crippen molar-refractivity contribution in [3.8, 4) is 0 Å². The summed E-state index contributed by atoms with van der Waals surface area (Å²) in [5.41, 5.74) is 0.618. The Kier molecular flexibility index (Phi) is 4.81. The Bertz CT molecular complexity index is 363. The number of carbonyl (C=O) groups is 1. The lowest BCUT2D eigenvalue weighted by Crippen LogP contribution is -2.11. The first-order valence-electron chi connectivity index (χ1n) is 5.05. The van der Waals surface area contributed by atoms with Crippen LogP contribution in [0.3, 0.4) is 0 Å². The molecule has 1 nitrogen and oxygen atoms in total. The number of ketones is 1. The third-order valence-corrected chi connectivity index (χ3v) is 3.19. The van der Waals surface area contributed by atoms with Crippen LogP contribution in [0.1, 0.15) is 37.0 Å². The predicted octanol–water partition coefficient (Wildman–Crippen LogP) is 4.72. The Morgan fingerprint density at radius 1 is 1.53 bits per heavy atom. The van der Waals surface area contributed by atoms with Crippen LogP contribution >= 0.6 is 27.5 Å². The minimum absolute atomic E-state index is 0.0433. The first-order chi connectivity index (χ1) is 7.06. The van der Waals surface area contributed by atoms with Crippen LogP contribution in [0.25, 0.3) is 0 Å². The Labute approximate surface area is 104 Å². The smallest absolute Gasteiger partial charge is 0.167 e. The molecule has 0 aliphatic heterocycles. The summed E-state index contributed by atoms with van der Waals surface area (Å²) in [4.78, 5) is 12.0. The van der Waals surface area contributed by atoms with Gasteiger partial charge in [0, 0.05) is 16.0 Å². The van der Waals surface area contributed by atoms with Crippen molar-refractivity contribution >= 4 is 33.3 Å². The lowest BCUT2D eigenvalue weighted by molar-refractivity contribution is 0.0923. The van der Waals surface area contributed by atoms with Crippen molar-refractivity contribution in [1.82, 2.24) is 0 Å². The van der Waals surface area contributed by atoms with Crippen LogP contribution in [-0.4, -0.2) is 5.78 Å². The highest BCUT2D eigenvalue weighted by molar-refractivity contribution is 9.10. The molecule has 1 rings (SSSR count). The molecule has 15 heavy (non-hydrogen) atoms. The molecule has 0 aromatic heterocycles. The van der Waals surface area contributed by atoms with Crippen LogP contribution in [0.2, 0.25) is 5.02 Å². The van der Waals surface area contributed by atoms with Gasteiger partial charge in [0.2, 0.25) is 0 Å². The van der Waals surface area contributed by atoms with Gasteiger partial charge in [-0.1, -0.05) is 47.8 Å². The highest BCUT2D eigenvalue weighted by Crippen LogP contribution is 2.24. The van der Waals surface area contributed by atoms with Crippen LogP contribution in [0, 0.1) is 5.92 Å². The van der Waals surface area contributed by atoms with Gasteiger partial charge in [0.25, 0.3) is 0 Å². The molecule has 1 unspecified atom stereocenters. The van der Waals surface area contributed by atoms with Gasteiger partial charge in [-0.3, -0.25) is 4.79 Å². The number of rotatable bonds is 4. The van der Waals surface area contributed by atoms with Crippen LogP contribution in [-0.2, 0) is 0 Å². The summed E-state index contributed by atoms with van der Waals surface area (Å²) >= 11 is 9.34. The molecule has 0 N–H and O–H groups in total. The van der Waals surface area contributed by atoms with Gasteiger partial charge in [-0.25, -0.2) is 0 Å². The number of hydrogen-bond donors (Lipinski definition) is 0. The minimum Gasteiger partial charge on any atom is -0.294 e. The number of hydrogen-bond acceptors (Lipinski definition) is 1. The van der Waals surface area contributed by atoms with Crippen molar-refractivity contribution in [3.05, 3.63) is 33.3 Å². The van der Waals surface area contributed by atoms with Gasteiger partial charge in [0.1, 0.15) is 0 Å². The molecule has 0 aliphatic rings. The molecule has 1 aromatic carbocycles. The fraction of sp³-hybridized carbons (Fsp3) is 0.417. The van der Waals surface area contributed by atoms with E-state index in [2.05, 4.69) is 22.9 Å². The molecule has 0 saturated heterocycles. The molecule has 1 aromatic rings. The van der Waals surface area contributed by atoms with Crippen molar-refractivity contribution in [2.45, 2.75) is 26.7 Å². The summed E-state index contributed by atoms with van der Waals surface area (Å²) in [5, 5.41) is 0.533. The Morgan fingerprint density at radius 3 is 2.80 bits per heavy atom. The van der Waals surface area contributed by atoms with E-state index in [0.29, 0.717) is 10.6 Å². The van der Waals surface area contributed by atoms with Gasteiger partial charge in [-0.2, -0.15) is 0 Å². The molecular formula is C12H14BrClO. The predicted molar refractivity (Wildman–Crippen MR) is 67.6 cm³/mol. The minimum atomic E-state index is 0.0433. The summed E-state index contributed by atoms with van der Waals surface area (Å²) in [6.45, 7) is 4.02. The first-order valence-corrected chi connectivity index (χ1v) is 6.22. The number of benzene rings is 1. The molecule has 82 valence electrons. The van der Waals surface area contributed by atoms with Gasteiger partial charge < -0.3 is 0 Å². The second-order valence-electron chi connectivity index (χ2n) is 3.68. The molecule has 0 saturated carbocycles. The second-order valence-corrected chi connectivity index (χ2v) is 5.00. The van der Waals surface area contributed by atoms with E-state index in [1.807, 2.05) is 13.0 Å². The third kappa shape index (κ3) is 3.32. The lowest BCUT2D eigenvalue weighted by Gasteiger charge is -2.10. The average molecular weight is 290 g/mol. The normalized spacial score (nSPS) is 12.5. The fourth-order valence-corrected chi connectivity index (χ4v) is 2.09. The van der Waals surface area contributed by atoms with Crippen molar-refractivity contribution in [2.75, 3.05) is 0 Å². The Morgan fingerprint density at radius 2 is 2.20 bits per heavy atom. The third-order valence-electron chi connectivity index (χ3n) is 2.36. The van der Waals surface area contributed by atoms with Gasteiger partial charge in [-0.05, 0) is 24.6 Å². The van der Waals surface area contributed by atoms with E-state index in [4.69, 9.17) is 11.6 Å². The van der Waals surface area contributed by atoms with Gasteiger partial charge in [0.05, 0.1) is 5.02 Å². The zero-order chi connectivity index (χ0) is 11.4.